The van der Waals surface area contributed by atoms with Crippen LogP contribution in [0.5, 0.6) is 17.2 Å². The van der Waals surface area contributed by atoms with Crippen LogP contribution < -0.4 is 14.2 Å². The highest BCUT2D eigenvalue weighted by Gasteiger charge is 2.15. The Kier molecular flexibility index (Phi) is 4.48. The van der Waals surface area contributed by atoms with Crippen LogP contribution in [0, 0.1) is 0 Å². The maximum atomic E-state index is 8.42. The van der Waals surface area contributed by atoms with E-state index in [1.807, 2.05) is 0 Å². The summed E-state index contributed by atoms with van der Waals surface area (Å²) in [6, 6.07) is 3.23. The lowest BCUT2D eigenvalue weighted by Gasteiger charge is -2.15. The smallest absolute Gasteiger partial charge is 0.203 e. The molecular weight excluding hydrogens is 222 g/mol. The second-order valence-electron chi connectivity index (χ2n) is 3.34. The average molecular weight is 237 g/mol. The van der Waals surface area contributed by atoms with E-state index in [2.05, 4.69) is 10.0 Å². The molecule has 1 aromatic carbocycles. The molecule has 92 valence electrons. The van der Waals surface area contributed by atoms with Crippen molar-refractivity contribution < 1.29 is 14.2 Å². The Labute approximate surface area is 99.7 Å². The SMILES string of the molecule is COc1cc(C(C)N=[N+]=[N-])cc(OC)c1OC. The normalized spacial score (nSPS) is 11.3. The first kappa shape index (κ1) is 13.0. The summed E-state index contributed by atoms with van der Waals surface area (Å²) >= 11 is 0. The molecule has 1 aromatic rings. The lowest BCUT2D eigenvalue weighted by molar-refractivity contribution is 0.323. The number of benzene rings is 1. The molecule has 0 bridgehead atoms. The van der Waals surface area contributed by atoms with Crippen molar-refractivity contribution in [2.45, 2.75) is 13.0 Å². The monoisotopic (exact) mass is 237 g/mol. The third-order valence-corrected chi connectivity index (χ3v) is 2.39. The number of hydrogen-bond acceptors (Lipinski definition) is 4. The molecule has 6 nitrogen and oxygen atoms in total. The van der Waals surface area contributed by atoms with Crippen LogP contribution in [0.25, 0.3) is 10.4 Å². The highest BCUT2D eigenvalue weighted by Crippen LogP contribution is 2.40. The molecule has 0 spiro atoms. The van der Waals surface area contributed by atoms with Crippen molar-refractivity contribution in [1.29, 1.82) is 0 Å². The Morgan fingerprint density at radius 1 is 1.12 bits per heavy atom. The first-order chi connectivity index (χ1) is 8.17. The molecule has 0 aliphatic carbocycles. The standard InChI is InChI=1S/C11H15N3O3/c1-7(13-14-12)8-5-9(15-2)11(17-4)10(6-8)16-3/h5-7H,1-4H3. The van der Waals surface area contributed by atoms with E-state index in [1.54, 1.807) is 33.3 Å². The summed E-state index contributed by atoms with van der Waals surface area (Å²) in [5, 5.41) is 3.63. The minimum Gasteiger partial charge on any atom is -0.493 e. The molecule has 0 saturated carbocycles. The van der Waals surface area contributed by atoms with Gasteiger partial charge in [0.05, 0.1) is 27.4 Å². The number of nitrogens with zero attached hydrogens (tertiary/aromatic N) is 3. The fourth-order valence-electron chi connectivity index (χ4n) is 1.49. The van der Waals surface area contributed by atoms with Crippen LogP contribution in [0.3, 0.4) is 0 Å². The van der Waals surface area contributed by atoms with Gasteiger partial charge in [-0.15, -0.1) is 0 Å². The van der Waals surface area contributed by atoms with Crippen LogP contribution in [0.1, 0.15) is 18.5 Å². The molecule has 0 N–H and O–H groups in total. The van der Waals surface area contributed by atoms with E-state index in [9.17, 15) is 0 Å². The molecule has 0 aliphatic rings. The summed E-state index contributed by atoms with van der Waals surface area (Å²) in [5.74, 6) is 1.61. The third kappa shape index (κ3) is 2.73. The number of hydrogen-bond donors (Lipinski definition) is 0. The second kappa shape index (κ2) is 5.86. The Balaban J connectivity index is 3.31. The summed E-state index contributed by atoms with van der Waals surface area (Å²) in [7, 11) is 4.62. The minimum absolute atomic E-state index is 0.297. The van der Waals surface area contributed by atoms with Gasteiger partial charge in [0.1, 0.15) is 0 Å². The van der Waals surface area contributed by atoms with Crippen molar-refractivity contribution in [2.75, 3.05) is 21.3 Å². The van der Waals surface area contributed by atoms with Gasteiger partial charge < -0.3 is 14.2 Å². The maximum Gasteiger partial charge on any atom is 0.203 e. The van der Waals surface area contributed by atoms with Crippen molar-refractivity contribution in [1.82, 2.24) is 0 Å². The first-order valence-corrected chi connectivity index (χ1v) is 5.02. The highest BCUT2D eigenvalue weighted by atomic mass is 16.5. The molecule has 0 fully saturated rings. The molecule has 1 atom stereocenters. The van der Waals surface area contributed by atoms with Crippen molar-refractivity contribution in [3.05, 3.63) is 28.1 Å². The zero-order valence-electron chi connectivity index (χ0n) is 10.3. The van der Waals surface area contributed by atoms with E-state index in [4.69, 9.17) is 19.7 Å². The third-order valence-electron chi connectivity index (χ3n) is 2.39. The Bertz CT molecular complexity index is 417. The van der Waals surface area contributed by atoms with Crippen molar-refractivity contribution in [3.8, 4) is 17.2 Å². The summed E-state index contributed by atoms with van der Waals surface area (Å²) in [6.07, 6.45) is 0. The number of methoxy groups -OCH3 is 3. The van der Waals surface area contributed by atoms with Gasteiger partial charge in [-0.2, -0.15) is 0 Å². The highest BCUT2D eigenvalue weighted by molar-refractivity contribution is 5.54. The number of azide groups is 1. The Morgan fingerprint density at radius 2 is 1.65 bits per heavy atom. The maximum absolute atomic E-state index is 8.42. The van der Waals surface area contributed by atoms with Crippen LogP contribution in [-0.2, 0) is 0 Å². The molecule has 0 radical (unpaired) electrons. The largest absolute Gasteiger partial charge is 0.493 e. The van der Waals surface area contributed by atoms with Crippen LogP contribution in [0.4, 0.5) is 0 Å². The number of ether oxygens (including phenoxy) is 3. The summed E-state index contributed by atoms with van der Waals surface area (Å²) in [5.41, 5.74) is 9.23. The van der Waals surface area contributed by atoms with Gasteiger partial charge in [-0.05, 0) is 23.2 Å². The molecule has 0 saturated heterocycles. The van der Waals surface area contributed by atoms with Crippen molar-refractivity contribution in [2.24, 2.45) is 5.11 Å². The van der Waals surface area contributed by atoms with Gasteiger partial charge in [-0.3, -0.25) is 0 Å². The average Bonchev–Trinajstić information content (AvgIpc) is 2.37. The quantitative estimate of drug-likeness (QED) is 0.448. The molecule has 0 heterocycles. The van der Waals surface area contributed by atoms with Crippen LogP contribution in [0.15, 0.2) is 17.2 Å². The van der Waals surface area contributed by atoms with Gasteiger partial charge in [0.15, 0.2) is 11.5 Å². The second-order valence-corrected chi connectivity index (χ2v) is 3.34. The van der Waals surface area contributed by atoms with E-state index in [-0.39, 0.29) is 6.04 Å². The van der Waals surface area contributed by atoms with E-state index >= 15 is 0 Å². The molecule has 17 heavy (non-hydrogen) atoms. The van der Waals surface area contributed by atoms with Gasteiger partial charge >= 0.3 is 0 Å². The van der Waals surface area contributed by atoms with Crippen LogP contribution in [0.2, 0.25) is 0 Å². The van der Waals surface area contributed by atoms with E-state index in [0.717, 1.165) is 5.56 Å². The lowest BCUT2D eigenvalue weighted by Crippen LogP contribution is -1.98. The fourth-order valence-corrected chi connectivity index (χ4v) is 1.49. The predicted molar refractivity (Wildman–Crippen MR) is 63.7 cm³/mol. The van der Waals surface area contributed by atoms with Gasteiger partial charge in [-0.25, -0.2) is 0 Å². The van der Waals surface area contributed by atoms with Gasteiger partial charge in [0, 0.05) is 4.91 Å². The van der Waals surface area contributed by atoms with Crippen molar-refractivity contribution in [3.63, 3.8) is 0 Å². The molecule has 0 amide bonds. The topological polar surface area (TPSA) is 76.5 Å². The zero-order chi connectivity index (χ0) is 12.8. The Hall–Kier alpha value is -2.07. The van der Waals surface area contributed by atoms with Crippen LogP contribution >= 0.6 is 0 Å². The minimum atomic E-state index is -0.297. The fraction of sp³-hybridized carbons (Fsp3) is 0.455. The first-order valence-electron chi connectivity index (χ1n) is 5.02. The molecule has 6 heteroatoms. The van der Waals surface area contributed by atoms with E-state index in [1.165, 1.54) is 7.11 Å². The van der Waals surface area contributed by atoms with Gasteiger partial charge in [0.2, 0.25) is 5.75 Å². The van der Waals surface area contributed by atoms with Crippen LogP contribution in [-0.4, -0.2) is 21.3 Å². The molecule has 1 rings (SSSR count). The molecule has 0 aliphatic heterocycles. The molecule has 0 aromatic heterocycles. The summed E-state index contributed by atoms with van der Waals surface area (Å²) < 4.78 is 15.6. The predicted octanol–water partition coefficient (Wildman–Crippen LogP) is 3.08. The van der Waals surface area contributed by atoms with Gasteiger partial charge in [-0.1, -0.05) is 12.0 Å². The Morgan fingerprint density at radius 3 is 2.00 bits per heavy atom. The van der Waals surface area contributed by atoms with E-state index in [0.29, 0.717) is 17.2 Å². The number of rotatable bonds is 5. The zero-order valence-corrected chi connectivity index (χ0v) is 10.3. The van der Waals surface area contributed by atoms with Gasteiger partial charge in [0.25, 0.3) is 0 Å². The molecular formula is C11H15N3O3. The van der Waals surface area contributed by atoms with E-state index < -0.39 is 0 Å². The summed E-state index contributed by atoms with van der Waals surface area (Å²) in [6.45, 7) is 1.79. The van der Waals surface area contributed by atoms with Crippen molar-refractivity contribution >= 4 is 0 Å². The lowest BCUT2D eigenvalue weighted by atomic mass is 10.1. The molecule has 1 unspecified atom stereocenters. The summed E-state index contributed by atoms with van der Waals surface area (Å²) in [4.78, 5) is 2.78.